The second-order valence-electron chi connectivity index (χ2n) is 15.9. The molecule has 0 saturated carbocycles. The van der Waals surface area contributed by atoms with E-state index in [-0.39, 0.29) is 17.9 Å². The minimum absolute atomic E-state index is 0.141. The first kappa shape index (κ1) is 35.9. The number of imide groups is 2. The maximum absolute atomic E-state index is 14.5. The number of nitrogens with zero attached hydrogens (tertiary/aromatic N) is 4. The maximum Gasteiger partial charge on any atom is 0.265 e. The highest BCUT2D eigenvalue weighted by Gasteiger charge is 2.39. The van der Waals surface area contributed by atoms with Crippen molar-refractivity contribution in [2.24, 2.45) is 0 Å². The van der Waals surface area contributed by atoms with Gasteiger partial charge in [-0.15, -0.1) is 0 Å². The van der Waals surface area contributed by atoms with Crippen LogP contribution in [0.1, 0.15) is 119 Å². The fraction of sp³-hybridized carbons (Fsp3) is 0.265. The lowest BCUT2D eigenvalue weighted by Gasteiger charge is -2.35. The monoisotopic (exact) mass is 766 g/mol. The zero-order valence-corrected chi connectivity index (χ0v) is 32.6. The molecule has 0 N–H and O–H groups in total. The number of unbranched alkanes of at least 4 members (excludes halogenated alkanes) is 6. The number of carbonyl (C=O) groups is 4. The van der Waals surface area contributed by atoms with Crippen LogP contribution in [0, 0.1) is 0 Å². The minimum Gasteiger partial charge on any atom is -0.271 e. The molecule has 8 aromatic rings. The number of benzene rings is 7. The molecular weight excluding hydrogens is 725 g/mol. The third kappa shape index (κ3) is 5.36. The molecule has 288 valence electrons. The van der Waals surface area contributed by atoms with Gasteiger partial charge in [-0.3, -0.25) is 24.1 Å². The van der Waals surface area contributed by atoms with Gasteiger partial charge in [-0.2, -0.15) is 0 Å². The Labute approximate surface area is 334 Å². The van der Waals surface area contributed by atoms with Crippen molar-refractivity contribution in [1.29, 1.82) is 0 Å². The Morgan fingerprint density at radius 3 is 1.57 bits per heavy atom. The van der Waals surface area contributed by atoms with Crippen LogP contribution in [0.15, 0.2) is 95.6 Å². The maximum atomic E-state index is 14.5. The molecule has 0 unspecified atom stereocenters. The zero-order chi connectivity index (χ0) is 39.7. The lowest BCUT2D eigenvalue weighted by Crippen LogP contribution is -2.47. The summed E-state index contributed by atoms with van der Waals surface area (Å²) in [5.41, 5.74) is 5.15. The summed E-state index contributed by atoms with van der Waals surface area (Å²) in [5, 5.41) is 14.5. The number of carbonyl (C=O) groups excluding carboxylic acids is 4. The zero-order valence-electron chi connectivity index (χ0n) is 32.6. The largest absolute Gasteiger partial charge is 0.271 e. The van der Waals surface area contributed by atoms with Gasteiger partial charge in [0.2, 0.25) is 0 Å². The molecule has 58 heavy (non-hydrogen) atoms. The van der Waals surface area contributed by atoms with Gasteiger partial charge in [0.05, 0.1) is 5.69 Å². The number of amides is 4. The Balaban J connectivity index is 1.07. The highest BCUT2D eigenvalue weighted by molar-refractivity contribution is 6.43. The van der Waals surface area contributed by atoms with Crippen molar-refractivity contribution < 1.29 is 23.8 Å². The molecule has 1 aromatic heterocycles. The van der Waals surface area contributed by atoms with Crippen LogP contribution < -0.4 is 4.90 Å². The van der Waals surface area contributed by atoms with Gasteiger partial charge in [-0.05, 0) is 104 Å². The van der Waals surface area contributed by atoms with Crippen molar-refractivity contribution in [1.82, 2.24) is 15.2 Å². The third-order valence-electron chi connectivity index (χ3n) is 12.5. The number of hydrogen-bond acceptors (Lipinski definition) is 7. The fourth-order valence-corrected chi connectivity index (χ4v) is 9.72. The first-order chi connectivity index (χ1) is 28.4. The number of aromatic nitrogens is 2. The number of hydrogen-bond donors (Lipinski definition) is 0. The predicted octanol–water partition coefficient (Wildman–Crippen LogP) is 11.6. The lowest BCUT2D eigenvalue weighted by atomic mass is 9.82. The van der Waals surface area contributed by atoms with Crippen molar-refractivity contribution in [3.05, 3.63) is 113 Å². The van der Waals surface area contributed by atoms with Crippen LogP contribution >= 0.6 is 0 Å². The molecule has 0 radical (unpaired) electrons. The molecule has 0 aliphatic carbocycles. The van der Waals surface area contributed by atoms with E-state index in [4.69, 9.17) is 4.63 Å². The van der Waals surface area contributed by atoms with Crippen LogP contribution in [-0.4, -0.2) is 44.9 Å². The van der Waals surface area contributed by atoms with E-state index in [0.717, 1.165) is 108 Å². The molecule has 0 atom stereocenters. The SMILES string of the molecule is CCCCCCC(CCCCCC)N1C(=O)c2ccc3c4ccc5c6c(ccc(c7ccc(c2c37)C1=O)c64)C(=O)N(c1cccc(-c2cccc3nonc23)c1)C5=O. The second kappa shape index (κ2) is 14.2. The molecule has 9 nitrogen and oxygen atoms in total. The normalized spacial score (nSPS) is 14.3. The van der Waals surface area contributed by atoms with Gasteiger partial charge in [-0.25, -0.2) is 9.53 Å². The molecular formula is C49H42N4O5. The Hall–Kier alpha value is -6.48. The van der Waals surface area contributed by atoms with Gasteiger partial charge >= 0.3 is 0 Å². The molecule has 2 aliphatic rings. The van der Waals surface area contributed by atoms with Crippen LogP contribution in [0.5, 0.6) is 0 Å². The quantitative estimate of drug-likeness (QED) is 0.0497. The number of rotatable bonds is 13. The Bertz CT molecular complexity index is 2870. The highest BCUT2D eigenvalue weighted by atomic mass is 16.6. The molecule has 0 spiro atoms. The van der Waals surface area contributed by atoms with Crippen LogP contribution in [0.3, 0.4) is 0 Å². The summed E-state index contributed by atoms with van der Waals surface area (Å²) >= 11 is 0. The number of fused-ring (bicyclic) bond motifs is 3. The Morgan fingerprint density at radius 2 is 1.03 bits per heavy atom. The van der Waals surface area contributed by atoms with Crippen LogP contribution in [0.25, 0.3) is 65.3 Å². The summed E-state index contributed by atoms with van der Waals surface area (Å²) in [6, 6.07) is 27.9. The van der Waals surface area contributed by atoms with Crippen LogP contribution in [0.4, 0.5) is 5.69 Å². The van der Waals surface area contributed by atoms with Crippen molar-refractivity contribution in [3.63, 3.8) is 0 Å². The molecule has 2 aliphatic heterocycles. The first-order valence-electron chi connectivity index (χ1n) is 20.7. The predicted molar refractivity (Wildman–Crippen MR) is 228 cm³/mol. The Morgan fingerprint density at radius 1 is 0.517 bits per heavy atom. The van der Waals surface area contributed by atoms with E-state index in [1.54, 1.807) is 23.1 Å². The molecule has 4 amide bonds. The van der Waals surface area contributed by atoms with Crippen molar-refractivity contribution in [3.8, 4) is 11.1 Å². The summed E-state index contributed by atoms with van der Waals surface area (Å²) in [5.74, 6) is -1.26. The second-order valence-corrected chi connectivity index (χ2v) is 15.9. The minimum atomic E-state index is -0.411. The van der Waals surface area contributed by atoms with Crippen LogP contribution in [0.2, 0.25) is 0 Å². The molecule has 7 aromatic carbocycles. The molecule has 0 saturated heterocycles. The van der Waals surface area contributed by atoms with E-state index in [1.165, 1.54) is 4.90 Å². The third-order valence-corrected chi connectivity index (χ3v) is 12.5. The summed E-state index contributed by atoms with van der Waals surface area (Å²) in [7, 11) is 0. The molecule has 0 fully saturated rings. The molecule has 3 heterocycles. The van der Waals surface area contributed by atoms with Crippen molar-refractivity contribution in [2.75, 3.05) is 4.90 Å². The van der Waals surface area contributed by atoms with Gasteiger partial charge in [0, 0.05) is 44.6 Å². The highest BCUT2D eigenvalue weighted by Crippen LogP contribution is 2.47. The van der Waals surface area contributed by atoms with Crippen molar-refractivity contribution >= 4 is 83.4 Å². The van der Waals surface area contributed by atoms with Gasteiger partial charge < -0.3 is 0 Å². The van der Waals surface area contributed by atoms with Crippen molar-refractivity contribution in [2.45, 2.75) is 84.1 Å². The summed E-state index contributed by atoms with van der Waals surface area (Å²) in [6.07, 6.45) is 10.3. The van der Waals surface area contributed by atoms with Gasteiger partial charge in [-0.1, -0.05) is 114 Å². The first-order valence-corrected chi connectivity index (χ1v) is 20.7. The molecule has 10 rings (SSSR count). The average Bonchev–Trinajstić information content (AvgIpc) is 3.74. The van der Waals surface area contributed by atoms with E-state index in [2.05, 4.69) is 24.2 Å². The summed E-state index contributed by atoms with van der Waals surface area (Å²) in [4.78, 5) is 60.8. The van der Waals surface area contributed by atoms with Gasteiger partial charge in [0.15, 0.2) is 0 Å². The average molecular weight is 767 g/mol. The van der Waals surface area contributed by atoms with E-state index >= 15 is 0 Å². The summed E-state index contributed by atoms with van der Waals surface area (Å²) in [6.45, 7) is 4.38. The lowest BCUT2D eigenvalue weighted by molar-refractivity contribution is 0.0516. The Kier molecular flexibility index (Phi) is 8.77. The van der Waals surface area contributed by atoms with Gasteiger partial charge in [0.1, 0.15) is 11.0 Å². The smallest absolute Gasteiger partial charge is 0.265 e. The van der Waals surface area contributed by atoms with E-state index in [9.17, 15) is 19.2 Å². The van der Waals surface area contributed by atoms with E-state index in [0.29, 0.717) is 49.7 Å². The van der Waals surface area contributed by atoms with E-state index in [1.807, 2.05) is 72.8 Å². The molecule has 9 heteroatoms. The van der Waals surface area contributed by atoms with E-state index < -0.39 is 11.8 Å². The topological polar surface area (TPSA) is 114 Å². The molecule has 0 bridgehead atoms. The number of anilines is 1. The summed E-state index contributed by atoms with van der Waals surface area (Å²) < 4.78 is 4.98. The fourth-order valence-electron chi connectivity index (χ4n) is 9.72. The standard InChI is InChI=1S/C49H42N4O5/c1-3-5-7-9-14-29(15-10-8-6-4-2)52-46(54)36-23-19-32-34-21-25-38-44-39(26-22-35(42(34)44)33-20-24-37(47(52)55)43(36)41(32)33)49(57)53(48(38)56)30-16-11-13-28(27-30)31-17-12-18-40-45(31)51-58-50-40/h11-13,16-27,29H,3-10,14-15H2,1-2H3. The van der Waals surface area contributed by atoms with Gasteiger partial charge in [0.25, 0.3) is 23.6 Å². The van der Waals surface area contributed by atoms with Crippen LogP contribution in [-0.2, 0) is 0 Å².